The van der Waals surface area contributed by atoms with Crippen molar-refractivity contribution in [3.8, 4) is 0 Å². The summed E-state index contributed by atoms with van der Waals surface area (Å²) in [6.07, 6.45) is 1.15. The van der Waals surface area contributed by atoms with Crippen molar-refractivity contribution >= 4 is 17.1 Å². The number of hydrogen-bond donors (Lipinski definition) is 1. The highest BCUT2D eigenvalue weighted by molar-refractivity contribution is 5.64. The Hall–Kier alpha value is -2.10. The summed E-state index contributed by atoms with van der Waals surface area (Å²) in [6, 6.07) is 16.0. The molecule has 0 spiro atoms. The Morgan fingerprint density at radius 1 is 0.913 bits per heavy atom. The van der Waals surface area contributed by atoms with Crippen LogP contribution in [0.25, 0.3) is 0 Å². The minimum Gasteiger partial charge on any atom is -0.399 e. The van der Waals surface area contributed by atoms with Crippen molar-refractivity contribution in [2.45, 2.75) is 37.5 Å². The number of hydrogen-bond acceptors (Lipinski definition) is 2. The van der Waals surface area contributed by atoms with E-state index in [2.05, 4.69) is 29.2 Å². The summed E-state index contributed by atoms with van der Waals surface area (Å²) in [4.78, 5) is 2.08. The van der Waals surface area contributed by atoms with Crippen molar-refractivity contribution in [2.24, 2.45) is 0 Å². The second-order valence-corrected chi connectivity index (χ2v) is 6.37. The highest BCUT2D eigenvalue weighted by Gasteiger charge is 2.35. The largest absolute Gasteiger partial charge is 0.399 e. The fraction of sp³-hybridized carbons (Fsp3) is 0.368. The highest BCUT2D eigenvalue weighted by atomic mass is 19.3. The third-order valence-corrected chi connectivity index (χ3v) is 4.75. The molecule has 4 heteroatoms. The van der Waals surface area contributed by atoms with E-state index in [1.807, 2.05) is 31.3 Å². The Morgan fingerprint density at radius 2 is 1.39 bits per heavy atom. The van der Waals surface area contributed by atoms with E-state index in [0.717, 1.165) is 22.6 Å². The number of benzene rings is 2. The molecule has 2 N–H and O–H groups in total. The molecule has 1 saturated carbocycles. The minimum absolute atomic E-state index is 0.00472. The first-order valence-corrected chi connectivity index (χ1v) is 8.02. The molecule has 2 nitrogen and oxygen atoms in total. The zero-order valence-electron chi connectivity index (χ0n) is 13.3. The van der Waals surface area contributed by atoms with E-state index in [9.17, 15) is 8.78 Å². The third-order valence-electron chi connectivity index (χ3n) is 4.75. The van der Waals surface area contributed by atoms with Crippen LogP contribution in [-0.4, -0.2) is 13.0 Å². The fourth-order valence-electron chi connectivity index (χ4n) is 3.19. The Balaban J connectivity index is 1.71. The van der Waals surface area contributed by atoms with Crippen molar-refractivity contribution < 1.29 is 8.78 Å². The first-order valence-electron chi connectivity index (χ1n) is 8.02. The lowest BCUT2D eigenvalue weighted by Crippen LogP contribution is -2.23. The molecule has 0 radical (unpaired) electrons. The van der Waals surface area contributed by atoms with E-state index in [-0.39, 0.29) is 18.8 Å². The summed E-state index contributed by atoms with van der Waals surface area (Å²) in [5, 5.41) is 0. The van der Waals surface area contributed by atoms with Crippen molar-refractivity contribution in [2.75, 3.05) is 17.7 Å². The molecule has 122 valence electrons. The van der Waals surface area contributed by atoms with Gasteiger partial charge in [0, 0.05) is 37.0 Å². The summed E-state index contributed by atoms with van der Waals surface area (Å²) >= 11 is 0. The van der Waals surface area contributed by atoms with Crippen LogP contribution in [-0.2, 0) is 0 Å². The Morgan fingerprint density at radius 3 is 1.91 bits per heavy atom. The molecule has 3 rings (SSSR count). The normalized spacial score (nSPS) is 17.9. The Kier molecular flexibility index (Phi) is 4.24. The molecule has 1 fully saturated rings. The number of nitrogens with two attached hydrogens (primary N) is 1. The van der Waals surface area contributed by atoms with Gasteiger partial charge in [0.2, 0.25) is 5.92 Å². The van der Waals surface area contributed by atoms with Crippen molar-refractivity contribution in [1.82, 2.24) is 0 Å². The minimum atomic E-state index is -2.47. The molecule has 2 aromatic rings. The van der Waals surface area contributed by atoms with Crippen LogP contribution in [0.1, 0.15) is 37.2 Å². The maximum absolute atomic E-state index is 13.3. The van der Waals surface area contributed by atoms with Crippen LogP contribution in [0.4, 0.5) is 25.8 Å². The molecule has 0 saturated heterocycles. The van der Waals surface area contributed by atoms with Crippen LogP contribution < -0.4 is 10.6 Å². The molecule has 0 unspecified atom stereocenters. The molecule has 0 atom stereocenters. The van der Waals surface area contributed by atoms with Crippen LogP contribution in [0, 0.1) is 0 Å². The third kappa shape index (κ3) is 3.63. The average molecular weight is 316 g/mol. The number of halogens is 2. The summed E-state index contributed by atoms with van der Waals surface area (Å²) < 4.78 is 26.5. The first-order chi connectivity index (χ1) is 10.9. The lowest BCUT2D eigenvalue weighted by atomic mass is 9.82. The SMILES string of the molecule is CN(c1ccc(N)cc1)c1ccc(C2CCC(F)(F)CC2)cc1. The first kappa shape index (κ1) is 15.8. The molecule has 0 bridgehead atoms. The van der Waals surface area contributed by atoms with Crippen LogP contribution in [0.3, 0.4) is 0 Å². The van der Waals surface area contributed by atoms with Gasteiger partial charge in [-0.15, -0.1) is 0 Å². The van der Waals surface area contributed by atoms with E-state index in [1.165, 1.54) is 0 Å². The maximum atomic E-state index is 13.3. The van der Waals surface area contributed by atoms with Crippen molar-refractivity contribution in [3.63, 3.8) is 0 Å². The number of rotatable bonds is 3. The van der Waals surface area contributed by atoms with Gasteiger partial charge in [-0.25, -0.2) is 8.78 Å². The van der Waals surface area contributed by atoms with Crippen LogP contribution in [0.2, 0.25) is 0 Å². The van der Waals surface area contributed by atoms with Gasteiger partial charge in [0.05, 0.1) is 0 Å². The van der Waals surface area contributed by atoms with Gasteiger partial charge in [0.1, 0.15) is 0 Å². The highest BCUT2D eigenvalue weighted by Crippen LogP contribution is 2.41. The predicted octanol–water partition coefficient (Wildman–Crippen LogP) is 5.33. The summed E-state index contributed by atoms with van der Waals surface area (Å²) in [5.41, 5.74) is 9.75. The fourth-order valence-corrected chi connectivity index (χ4v) is 3.19. The topological polar surface area (TPSA) is 29.3 Å². The van der Waals surface area contributed by atoms with Gasteiger partial charge in [0.15, 0.2) is 0 Å². The smallest absolute Gasteiger partial charge is 0.248 e. The molecule has 0 aromatic heterocycles. The maximum Gasteiger partial charge on any atom is 0.248 e. The van der Waals surface area contributed by atoms with E-state index >= 15 is 0 Å². The van der Waals surface area contributed by atoms with Gasteiger partial charge in [-0.1, -0.05) is 12.1 Å². The van der Waals surface area contributed by atoms with E-state index in [1.54, 1.807) is 0 Å². The van der Waals surface area contributed by atoms with E-state index in [4.69, 9.17) is 5.73 Å². The lowest BCUT2D eigenvalue weighted by Gasteiger charge is -2.29. The van der Waals surface area contributed by atoms with Gasteiger partial charge < -0.3 is 10.6 Å². The molecule has 0 amide bonds. The molecule has 1 aliphatic rings. The van der Waals surface area contributed by atoms with Crippen LogP contribution in [0.5, 0.6) is 0 Å². The Bertz CT molecular complexity index is 640. The number of alkyl halides is 2. The Labute approximate surface area is 135 Å². The van der Waals surface area contributed by atoms with Gasteiger partial charge in [-0.3, -0.25) is 0 Å². The van der Waals surface area contributed by atoms with Gasteiger partial charge in [0.25, 0.3) is 0 Å². The standard InChI is InChI=1S/C19H22F2N2/c1-23(18-8-4-16(22)5-9-18)17-6-2-14(3-7-17)15-10-12-19(20,21)13-11-15/h2-9,15H,10-13,22H2,1H3. The monoisotopic (exact) mass is 316 g/mol. The molecule has 2 aromatic carbocycles. The molecule has 1 aliphatic carbocycles. The second-order valence-electron chi connectivity index (χ2n) is 6.37. The quantitative estimate of drug-likeness (QED) is 0.776. The van der Waals surface area contributed by atoms with Gasteiger partial charge in [-0.05, 0) is 60.7 Å². The van der Waals surface area contributed by atoms with Crippen LogP contribution >= 0.6 is 0 Å². The average Bonchev–Trinajstić information content (AvgIpc) is 2.55. The molecular weight excluding hydrogens is 294 g/mol. The van der Waals surface area contributed by atoms with E-state index in [0.29, 0.717) is 12.8 Å². The van der Waals surface area contributed by atoms with E-state index < -0.39 is 5.92 Å². The lowest BCUT2D eigenvalue weighted by molar-refractivity contribution is -0.0382. The molecule has 0 heterocycles. The zero-order valence-corrected chi connectivity index (χ0v) is 13.3. The van der Waals surface area contributed by atoms with Crippen LogP contribution in [0.15, 0.2) is 48.5 Å². The number of anilines is 3. The van der Waals surface area contributed by atoms with Gasteiger partial charge >= 0.3 is 0 Å². The summed E-state index contributed by atoms with van der Waals surface area (Å²) in [7, 11) is 2.00. The number of nitrogen functional groups attached to an aromatic ring is 1. The zero-order chi connectivity index (χ0) is 16.4. The van der Waals surface area contributed by atoms with Crippen molar-refractivity contribution in [1.29, 1.82) is 0 Å². The van der Waals surface area contributed by atoms with Crippen molar-refractivity contribution in [3.05, 3.63) is 54.1 Å². The number of nitrogens with zero attached hydrogens (tertiary/aromatic N) is 1. The summed E-state index contributed by atoms with van der Waals surface area (Å²) in [5.74, 6) is -2.21. The molecule has 0 aliphatic heterocycles. The predicted molar refractivity (Wildman–Crippen MR) is 91.5 cm³/mol. The summed E-state index contributed by atoms with van der Waals surface area (Å²) in [6.45, 7) is 0. The molecular formula is C19H22F2N2. The molecule has 23 heavy (non-hydrogen) atoms. The van der Waals surface area contributed by atoms with Gasteiger partial charge in [-0.2, -0.15) is 0 Å². The second kappa shape index (κ2) is 6.19.